The number of carbonyl (C=O) groups excluding carboxylic acids is 1. The molecule has 1 fully saturated rings. The van der Waals surface area contributed by atoms with Crippen LogP contribution in [-0.2, 0) is 0 Å². The van der Waals surface area contributed by atoms with Crippen molar-refractivity contribution in [2.45, 2.75) is 38.3 Å². The van der Waals surface area contributed by atoms with Crippen LogP contribution in [0.5, 0.6) is 5.88 Å². The van der Waals surface area contributed by atoms with Crippen LogP contribution in [-0.4, -0.2) is 34.8 Å². The molecule has 2 rings (SSSR count). The minimum absolute atomic E-state index is 0.00891. The second kappa shape index (κ2) is 5.77. The number of nitrogens with one attached hydrogen (secondary N) is 1. The largest absolute Gasteiger partial charge is 0.472 e. The lowest BCUT2D eigenvalue weighted by molar-refractivity contribution is 0.0949. The second-order valence-corrected chi connectivity index (χ2v) is 4.37. The lowest BCUT2D eigenvalue weighted by Gasteiger charge is -2.16. The number of nitrogens with two attached hydrogens (primary N) is 1. The Hall–Kier alpha value is -1.69. The zero-order valence-corrected chi connectivity index (χ0v) is 10.4. The Morgan fingerprint density at radius 1 is 1.50 bits per heavy atom. The van der Waals surface area contributed by atoms with Gasteiger partial charge in [-0.3, -0.25) is 4.79 Å². The number of amides is 1. The van der Waals surface area contributed by atoms with E-state index in [1.54, 1.807) is 12.1 Å². The Balaban J connectivity index is 1.97. The summed E-state index contributed by atoms with van der Waals surface area (Å²) in [6, 6.07) is 3.33. The van der Waals surface area contributed by atoms with Crippen molar-refractivity contribution < 1.29 is 9.53 Å². The van der Waals surface area contributed by atoms with Crippen LogP contribution < -0.4 is 15.8 Å². The predicted molar refractivity (Wildman–Crippen MR) is 66.3 cm³/mol. The molecule has 0 spiro atoms. The topological polar surface area (TPSA) is 90.1 Å². The lowest BCUT2D eigenvalue weighted by atomic mass is 10.2. The molecule has 18 heavy (non-hydrogen) atoms. The van der Waals surface area contributed by atoms with Crippen LogP contribution in [0.1, 0.15) is 36.7 Å². The fourth-order valence-electron chi connectivity index (χ4n) is 2.01. The van der Waals surface area contributed by atoms with E-state index in [9.17, 15) is 4.79 Å². The summed E-state index contributed by atoms with van der Waals surface area (Å²) in [4.78, 5) is 11.5. The van der Waals surface area contributed by atoms with Crippen molar-refractivity contribution in [3.8, 4) is 5.88 Å². The standard InChI is InChI=1S/C12H18N4O2/c1-2-14-12(17)9-6-7-11(16-15-9)18-10-5-3-4-8(10)13/h6-8,10H,2-5,13H2,1H3,(H,14,17). The van der Waals surface area contributed by atoms with Crippen LogP contribution in [0, 0.1) is 0 Å². The Morgan fingerprint density at radius 3 is 2.89 bits per heavy atom. The molecule has 1 heterocycles. The number of hydrogen-bond acceptors (Lipinski definition) is 5. The highest BCUT2D eigenvalue weighted by Gasteiger charge is 2.26. The normalized spacial score (nSPS) is 22.8. The molecule has 0 saturated heterocycles. The van der Waals surface area contributed by atoms with Gasteiger partial charge in [0.1, 0.15) is 6.10 Å². The van der Waals surface area contributed by atoms with E-state index in [-0.39, 0.29) is 18.1 Å². The van der Waals surface area contributed by atoms with Crippen molar-refractivity contribution in [2.24, 2.45) is 5.73 Å². The van der Waals surface area contributed by atoms with Crippen LogP contribution >= 0.6 is 0 Å². The van der Waals surface area contributed by atoms with Gasteiger partial charge in [0.15, 0.2) is 5.69 Å². The summed E-state index contributed by atoms with van der Waals surface area (Å²) in [5, 5.41) is 10.4. The molecule has 1 amide bonds. The first-order chi connectivity index (χ1) is 8.70. The fraction of sp³-hybridized carbons (Fsp3) is 0.583. The van der Waals surface area contributed by atoms with E-state index in [2.05, 4.69) is 15.5 Å². The van der Waals surface area contributed by atoms with Gasteiger partial charge in [0, 0.05) is 18.7 Å². The van der Waals surface area contributed by atoms with Gasteiger partial charge in [-0.15, -0.1) is 10.2 Å². The smallest absolute Gasteiger partial charge is 0.271 e. The zero-order chi connectivity index (χ0) is 13.0. The Kier molecular flexibility index (Phi) is 4.09. The van der Waals surface area contributed by atoms with E-state index in [0.29, 0.717) is 18.1 Å². The SMILES string of the molecule is CCNC(=O)c1ccc(OC2CCCC2N)nn1. The first-order valence-electron chi connectivity index (χ1n) is 6.25. The summed E-state index contributed by atoms with van der Waals surface area (Å²) in [5.74, 6) is 0.194. The highest BCUT2D eigenvalue weighted by atomic mass is 16.5. The van der Waals surface area contributed by atoms with Crippen LogP contribution in [0.4, 0.5) is 0 Å². The molecule has 1 aromatic rings. The van der Waals surface area contributed by atoms with Crippen molar-refractivity contribution >= 4 is 5.91 Å². The molecule has 1 aromatic heterocycles. The van der Waals surface area contributed by atoms with Crippen LogP contribution in [0.25, 0.3) is 0 Å². The summed E-state index contributed by atoms with van der Waals surface area (Å²) in [6.45, 7) is 2.42. The molecule has 1 aliphatic carbocycles. The van der Waals surface area contributed by atoms with E-state index >= 15 is 0 Å². The van der Waals surface area contributed by atoms with Gasteiger partial charge in [-0.2, -0.15) is 0 Å². The maximum absolute atomic E-state index is 11.5. The average molecular weight is 250 g/mol. The Labute approximate surface area is 106 Å². The first kappa shape index (κ1) is 12.8. The Morgan fingerprint density at radius 2 is 2.33 bits per heavy atom. The van der Waals surface area contributed by atoms with Crippen LogP contribution in [0.3, 0.4) is 0 Å². The summed E-state index contributed by atoms with van der Waals surface area (Å²) in [5.41, 5.74) is 6.20. The summed E-state index contributed by atoms with van der Waals surface area (Å²) in [7, 11) is 0. The summed E-state index contributed by atoms with van der Waals surface area (Å²) >= 11 is 0. The fourth-order valence-corrected chi connectivity index (χ4v) is 2.01. The highest BCUT2D eigenvalue weighted by Crippen LogP contribution is 2.21. The van der Waals surface area contributed by atoms with Crippen molar-refractivity contribution in [1.29, 1.82) is 0 Å². The molecule has 0 aromatic carbocycles. The second-order valence-electron chi connectivity index (χ2n) is 4.37. The van der Waals surface area contributed by atoms with Gasteiger partial charge in [0.2, 0.25) is 5.88 Å². The number of carbonyl (C=O) groups is 1. The van der Waals surface area contributed by atoms with Crippen molar-refractivity contribution in [2.75, 3.05) is 6.54 Å². The van der Waals surface area contributed by atoms with E-state index in [1.807, 2.05) is 6.92 Å². The number of ether oxygens (including phenoxy) is 1. The zero-order valence-electron chi connectivity index (χ0n) is 10.4. The first-order valence-corrected chi connectivity index (χ1v) is 6.25. The molecule has 0 aliphatic heterocycles. The molecule has 6 nitrogen and oxygen atoms in total. The third-order valence-corrected chi connectivity index (χ3v) is 2.99. The average Bonchev–Trinajstić information content (AvgIpc) is 2.76. The van der Waals surface area contributed by atoms with Gasteiger partial charge in [0.05, 0.1) is 0 Å². The van der Waals surface area contributed by atoms with E-state index < -0.39 is 0 Å². The number of aromatic nitrogens is 2. The van der Waals surface area contributed by atoms with Gasteiger partial charge in [-0.05, 0) is 32.3 Å². The molecule has 3 N–H and O–H groups in total. The predicted octanol–water partition coefficient (Wildman–Crippen LogP) is 0.485. The van der Waals surface area contributed by atoms with Crippen molar-refractivity contribution in [1.82, 2.24) is 15.5 Å². The monoisotopic (exact) mass is 250 g/mol. The molecular weight excluding hydrogens is 232 g/mol. The van der Waals surface area contributed by atoms with E-state index in [4.69, 9.17) is 10.5 Å². The third kappa shape index (κ3) is 2.95. The molecule has 1 aliphatic rings. The van der Waals surface area contributed by atoms with E-state index in [1.165, 1.54) is 0 Å². The molecule has 1 saturated carbocycles. The quantitative estimate of drug-likeness (QED) is 0.811. The molecule has 2 atom stereocenters. The Bertz CT molecular complexity index is 407. The third-order valence-electron chi connectivity index (χ3n) is 2.99. The molecule has 0 radical (unpaired) electrons. The maximum atomic E-state index is 11.5. The molecule has 0 bridgehead atoms. The molecular formula is C12H18N4O2. The summed E-state index contributed by atoms with van der Waals surface area (Å²) in [6.07, 6.45) is 3.02. The number of nitrogens with zero attached hydrogens (tertiary/aromatic N) is 2. The highest BCUT2D eigenvalue weighted by molar-refractivity contribution is 5.91. The number of hydrogen-bond donors (Lipinski definition) is 2. The minimum atomic E-state index is -0.228. The maximum Gasteiger partial charge on any atom is 0.271 e. The number of rotatable bonds is 4. The van der Waals surface area contributed by atoms with Gasteiger partial charge in [0.25, 0.3) is 5.91 Å². The van der Waals surface area contributed by atoms with Gasteiger partial charge < -0.3 is 15.8 Å². The molecule has 6 heteroatoms. The van der Waals surface area contributed by atoms with Gasteiger partial charge in [-0.1, -0.05) is 0 Å². The minimum Gasteiger partial charge on any atom is -0.472 e. The van der Waals surface area contributed by atoms with Crippen molar-refractivity contribution in [3.05, 3.63) is 17.8 Å². The van der Waals surface area contributed by atoms with Gasteiger partial charge in [-0.25, -0.2) is 0 Å². The van der Waals surface area contributed by atoms with Crippen LogP contribution in [0.2, 0.25) is 0 Å². The van der Waals surface area contributed by atoms with Crippen molar-refractivity contribution in [3.63, 3.8) is 0 Å². The molecule has 98 valence electrons. The lowest BCUT2D eigenvalue weighted by Crippen LogP contribution is -2.34. The van der Waals surface area contributed by atoms with Gasteiger partial charge >= 0.3 is 0 Å². The van der Waals surface area contributed by atoms with Crippen LogP contribution in [0.15, 0.2) is 12.1 Å². The van der Waals surface area contributed by atoms with E-state index in [0.717, 1.165) is 19.3 Å². The molecule has 2 unspecified atom stereocenters. The summed E-state index contributed by atoms with van der Waals surface area (Å²) < 4.78 is 5.65.